The molecule has 0 saturated heterocycles. The van der Waals surface area contributed by atoms with E-state index in [1.165, 1.54) is 11.8 Å². The molecule has 0 atom stereocenters. The fourth-order valence-corrected chi connectivity index (χ4v) is 4.68. The molecule has 1 heterocycles. The number of carbonyl (C=O) groups is 1. The van der Waals surface area contributed by atoms with Gasteiger partial charge in [-0.05, 0) is 49.7 Å². The molecule has 0 aliphatic rings. The van der Waals surface area contributed by atoms with Crippen LogP contribution in [0.2, 0.25) is 15.1 Å². The second kappa shape index (κ2) is 10.4. The van der Waals surface area contributed by atoms with Crippen molar-refractivity contribution < 1.29 is 4.79 Å². The summed E-state index contributed by atoms with van der Waals surface area (Å²) in [6.45, 7) is 3.97. The van der Waals surface area contributed by atoms with Gasteiger partial charge in [-0.25, -0.2) is 5.43 Å². The molecule has 0 unspecified atom stereocenters. The van der Waals surface area contributed by atoms with Crippen LogP contribution in [0.4, 0.5) is 0 Å². The van der Waals surface area contributed by atoms with E-state index in [-0.39, 0.29) is 5.91 Å². The molecular weight excluding hydrogens is 461 g/mol. The molecule has 0 aliphatic carbocycles. The number of carbonyl (C=O) groups excluding carboxylic acids is 1. The number of hydrogen-bond donors (Lipinski definition) is 1. The van der Waals surface area contributed by atoms with Crippen LogP contribution in [0, 0.1) is 13.8 Å². The van der Waals surface area contributed by atoms with Crippen LogP contribution >= 0.6 is 46.6 Å². The van der Waals surface area contributed by atoms with Crippen LogP contribution in [0.1, 0.15) is 22.5 Å². The molecule has 0 spiro atoms. The minimum absolute atomic E-state index is 0.168. The van der Waals surface area contributed by atoms with Gasteiger partial charge in [0, 0.05) is 43.5 Å². The summed E-state index contributed by atoms with van der Waals surface area (Å²) in [5, 5.41) is 5.95. The van der Waals surface area contributed by atoms with Crippen molar-refractivity contribution in [2.45, 2.75) is 19.6 Å². The first kappa shape index (κ1) is 22.8. The number of aryl methyl sites for hydroxylation is 1. The maximum absolute atomic E-state index is 12.0. The molecule has 1 N–H and O–H groups in total. The molecule has 0 bridgehead atoms. The normalized spacial score (nSPS) is 11.2. The second-order valence-corrected chi connectivity index (χ2v) is 8.93. The molecule has 0 saturated carbocycles. The van der Waals surface area contributed by atoms with Crippen molar-refractivity contribution >= 4 is 58.7 Å². The molecule has 1 aromatic heterocycles. The van der Waals surface area contributed by atoms with Crippen LogP contribution in [-0.2, 0) is 10.5 Å². The Kier molecular flexibility index (Phi) is 7.89. The van der Waals surface area contributed by atoms with E-state index in [1.807, 2.05) is 60.9 Å². The summed E-state index contributed by atoms with van der Waals surface area (Å²) < 4.78 is 2.04. The van der Waals surface area contributed by atoms with E-state index in [1.54, 1.807) is 12.3 Å². The van der Waals surface area contributed by atoms with Gasteiger partial charge >= 0.3 is 0 Å². The monoisotopic (exact) mass is 479 g/mol. The lowest BCUT2D eigenvalue weighted by Gasteiger charge is -2.10. The molecule has 1 amide bonds. The highest BCUT2D eigenvalue weighted by Crippen LogP contribution is 2.26. The van der Waals surface area contributed by atoms with Crippen molar-refractivity contribution in [3.63, 3.8) is 0 Å². The number of halogens is 3. The third-order valence-corrected chi connectivity index (χ3v) is 6.20. The van der Waals surface area contributed by atoms with Crippen LogP contribution in [0.15, 0.2) is 53.6 Å². The number of amides is 1. The Morgan fingerprint density at radius 3 is 2.50 bits per heavy atom. The van der Waals surface area contributed by atoms with E-state index in [9.17, 15) is 4.79 Å². The number of benzene rings is 2. The van der Waals surface area contributed by atoms with Gasteiger partial charge in [0.2, 0.25) is 5.91 Å². The molecule has 2 aromatic carbocycles. The summed E-state index contributed by atoms with van der Waals surface area (Å²) in [5.41, 5.74) is 7.33. The van der Waals surface area contributed by atoms with Crippen LogP contribution in [0.5, 0.6) is 0 Å². The molecule has 8 heteroatoms. The van der Waals surface area contributed by atoms with E-state index >= 15 is 0 Å². The fourth-order valence-electron chi connectivity index (χ4n) is 3.06. The average Bonchev–Trinajstić information content (AvgIpc) is 2.96. The number of nitrogens with one attached hydrogen (secondary N) is 1. The average molecular weight is 481 g/mol. The molecule has 4 nitrogen and oxygen atoms in total. The first-order valence-electron chi connectivity index (χ1n) is 9.13. The predicted octanol–water partition coefficient (Wildman–Crippen LogP) is 6.44. The van der Waals surface area contributed by atoms with E-state index < -0.39 is 0 Å². The van der Waals surface area contributed by atoms with Gasteiger partial charge in [-0.2, -0.15) is 5.10 Å². The van der Waals surface area contributed by atoms with E-state index in [2.05, 4.69) is 10.5 Å². The van der Waals surface area contributed by atoms with Crippen molar-refractivity contribution in [2.24, 2.45) is 5.10 Å². The zero-order valence-corrected chi connectivity index (χ0v) is 19.5. The summed E-state index contributed by atoms with van der Waals surface area (Å²) in [4.78, 5) is 12.0. The molecular formula is C22H20Cl3N3OS. The van der Waals surface area contributed by atoms with Gasteiger partial charge in [0.15, 0.2) is 0 Å². The first-order chi connectivity index (χ1) is 14.3. The maximum Gasteiger partial charge on any atom is 0.250 e. The maximum atomic E-state index is 12.0. The van der Waals surface area contributed by atoms with Crippen molar-refractivity contribution in [3.05, 3.63) is 86.1 Å². The van der Waals surface area contributed by atoms with Crippen LogP contribution < -0.4 is 5.43 Å². The lowest BCUT2D eigenvalue weighted by Crippen LogP contribution is -2.19. The van der Waals surface area contributed by atoms with Crippen LogP contribution in [0.3, 0.4) is 0 Å². The Hall–Kier alpha value is -1.92. The summed E-state index contributed by atoms with van der Waals surface area (Å²) in [7, 11) is 0. The first-order valence-corrected chi connectivity index (χ1v) is 11.4. The third-order valence-electron chi connectivity index (χ3n) is 4.42. The van der Waals surface area contributed by atoms with E-state index in [4.69, 9.17) is 34.8 Å². The number of hydrazone groups is 1. The minimum Gasteiger partial charge on any atom is -0.318 e. The lowest BCUT2D eigenvalue weighted by atomic mass is 10.2. The second-order valence-electron chi connectivity index (χ2n) is 6.67. The van der Waals surface area contributed by atoms with Gasteiger partial charge < -0.3 is 4.57 Å². The van der Waals surface area contributed by atoms with Crippen molar-refractivity contribution in [3.8, 4) is 5.69 Å². The standard InChI is InChI=1S/C22H20Cl3N3OS/c1-14-7-17(15(2)28(14)20-9-18(23)8-19(24)10-20)11-26-27-22(29)13-30-12-16-5-3-4-6-21(16)25/h3-11H,12-13H2,1-2H3,(H,27,29)/b26-11-. The Morgan fingerprint density at radius 2 is 1.80 bits per heavy atom. The lowest BCUT2D eigenvalue weighted by molar-refractivity contribution is -0.118. The molecule has 0 aliphatic heterocycles. The summed E-state index contributed by atoms with van der Waals surface area (Å²) in [6, 6.07) is 15.0. The quantitative estimate of drug-likeness (QED) is 0.312. The molecule has 156 valence electrons. The van der Waals surface area contributed by atoms with Gasteiger partial charge in [0.1, 0.15) is 0 Å². The molecule has 3 aromatic rings. The number of aromatic nitrogens is 1. The molecule has 30 heavy (non-hydrogen) atoms. The number of hydrogen-bond acceptors (Lipinski definition) is 3. The smallest absolute Gasteiger partial charge is 0.250 e. The van der Waals surface area contributed by atoms with E-state index in [0.717, 1.165) is 28.2 Å². The Labute approximate surface area is 195 Å². The highest BCUT2D eigenvalue weighted by atomic mass is 35.5. The van der Waals surface area contributed by atoms with Crippen molar-refractivity contribution in [2.75, 3.05) is 5.75 Å². The van der Waals surface area contributed by atoms with Crippen LogP contribution in [-0.4, -0.2) is 22.4 Å². The summed E-state index contributed by atoms with van der Waals surface area (Å²) >= 11 is 19.9. The predicted molar refractivity (Wildman–Crippen MR) is 129 cm³/mol. The number of rotatable bonds is 7. The third kappa shape index (κ3) is 5.82. The molecule has 3 rings (SSSR count). The zero-order valence-electron chi connectivity index (χ0n) is 16.5. The van der Waals surface area contributed by atoms with Crippen molar-refractivity contribution in [1.82, 2.24) is 9.99 Å². The summed E-state index contributed by atoms with van der Waals surface area (Å²) in [5.74, 6) is 0.793. The number of thioether (sulfide) groups is 1. The SMILES string of the molecule is Cc1cc(/C=N\NC(=O)CSCc2ccccc2Cl)c(C)n1-c1cc(Cl)cc(Cl)c1. The van der Waals surface area contributed by atoms with E-state index in [0.29, 0.717) is 26.6 Å². The number of nitrogens with zero attached hydrogens (tertiary/aromatic N) is 2. The highest BCUT2D eigenvalue weighted by molar-refractivity contribution is 7.99. The Bertz CT molecular complexity index is 1070. The topological polar surface area (TPSA) is 46.4 Å². The summed E-state index contributed by atoms with van der Waals surface area (Å²) in [6.07, 6.45) is 1.64. The van der Waals surface area contributed by atoms with Gasteiger partial charge in [0.25, 0.3) is 0 Å². The van der Waals surface area contributed by atoms with Gasteiger partial charge in [0.05, 0.1) is 12.0 Å². The van der Waals surface area contributed by atoms with Crippen LogP contribution in [0.25, 0.3) is 5.69 Å². The Balaban J connectivity index is 1.60. The van der Waals surface area contributed by atoms with Gasteiger partial charge in [-0.3, -0.25) is 4.79 Å². The van der Waals surface area contributed by atoms with Gasteiger partial charge in [-0.15, -0.1) is 11.8 Å². The van der Waals surface area contributed by atoms with Gasteiger partial charge in [-0.1, -0.05) is 53.0 Å². The fraction of sp³-hybridized carbons (Fsp3) is 0.182. The zero-order chi connectivity index (χ0) is 21.7. The highest BCUT2D eigenvalue weighted by Gasteiger charge is 2.11. The van der Waals surface area contributed by atoms with Crippen molar-refractivity contribution in [1.29, 1.82) is 0 Å². The Morgan fingerprint density at radius 1 is 1.10 bits per heavy atom. The molecule has 0 radical (unpaired) electrons. The molecule has 0 fully saturated rings. The largest absolute Gasteiger partial charge is 0.318 e. The minimum atomic E-state index is -0.168.